The predicted octanol–water partition coefficient (Wildman–Crippen LogP) is 3.70. The van der Waals surface area contributed by atoms with Crippen molar-refractivity contribution < 1.29 is 35.9 Å². The first kappa shape index (κ1) is 18.3. The van der Waals surface area contributed by atoms with Crippen LogP contribution in [0.3, 0.4) is 0 Å². The molecule has 2 rings (SSSR count). The van der Waals surface area contributed by atoms with E-state index in [1.165, 1.54) is 0 Å². The fourth-order valence-corrected chi connectivity index (χ4v) is 1.76. The zero-order chi connectivity index (χ0) is 18.8. The molecular formula is C15H8F6N2O2. The molecule has 2 N–H and O–H groups in total. The summed E-state index contributed by atoms with van der Waals surface area (Å²) < 4.78 is 76.9. The molecule has 0 fully saturated rings. The van der Waals surface area contributed by atoms with Crippen LogP contribution < -0.4 is 10.6 Å². The molecule has 0 unspecified atom stereocenters. The highest BCUT2D eigenvalue weighted by atomic mass is 19.4. The molecule has 0 aromatic heterocycles. The lowest BCUT2D eigenvalue weighted by Crippen LogP contribution is -2.29. The summed E-state index contributed by atoms with van der Waals surface area (Å²) in [5.41, 5.74) is -2.19. The molecule has 0 saturated carbocycles. The SMILES string of the molecule is O=C(Nc1cccc(C(F)(F)F)c1)C(=O)Nc1ccc(F)c(F)c1F. The molecule has 0 aliphatic carbocycles. The van der Waals surface area contributed by atoms with Gasteiger partial charge in [-0.3, -0.25) is 9.59 Å². The molecule has 25 heavy (non-hydrogen) atoms. The number of alkyl halides is 3. The normalized spacial score (nSPS) is 11.1. The Morgan fingerprint density at radius 2 is 1.48 bits per heavy atom. The Balaban J connectivity index is 2.11. The van der Waals surface area contributed by atoms with Crippen LogP contribution in [0.15, 0.2) is 36.4 Å². The summed E-state index contributed by atoms with van der Waals surface area (Å²) in [6.07, 6.45) is -4.65. The second-order valence-electron chi connectivity index (χ2n) is 4.71. The van der Waals surface area contributed by atoms with Crippen molar-refractivity contribution in [1.82, 2.24) is 0 Å². The van der Waals surface area contributed by atoms with Crippen LogP contribution in [0.25, 0.3) is 0 Å². The molecule has 10 heteroatoms. The first-order valence-corrected chi connectivity index (χ1v) is 6.52. The highest BCUT2D eigenvalue weighted by Crippen LogP contribution is 2.30. The van der Waals surface area contributed by atoms with Crippen molar-refractivity contribution >= 4 is 23.2 Å². The van der Waals surface area contributed by atoms with Crippen molar-refractivity contribution in [3.63, 3.8) is 0 Å². The van der Waals surface area contributed by atoms with Gasteiger partial charge in [-0.2, -0.15) is 13.2 Å². The summed E-state index contributed by atoms with van der Waals surface area (Å²) in [5, 5.41) is 3.57. The van der Waals surface area contributed by atoms with Crippen LogP contribution >= 0.6 is 0 Å². The Labute approximate surface area is 136 Å². The molecule has 0 bridgehead atoms. The lowest BCUT2D eigenvalue weighted by Gasteiger charge is -2.10. The zero-order valence-corrected chi connectivity index (χ0v) is 12.0. The summed E-state index contributed by atoms with van der Waals surface area (Å²) >= 11 is 0. The van der Waals surface area contributed by atoms with E-state index in [0.29, 0.717) is 18.2 Å². The number of carbonyl (C=O) groups is 2. The van der Waals surface area contributed by atoms with Crippen molar-refractivity contribution in [2.75, 3.05) is 10.6 Å². The van der Waals surface area contributed by atoms with E-state index in [1.807, 2.05) is 5.32 Å². The third-order valence-electron chi connectivity index (χ3n) is 2.94. The van der Waals surface area contributed by atoms with Crippen LogP contribution in [0, 0.1) is 17.5 Å². The van der Waals surface area contributed by atoms with E-state index < -0.39 is 46.7 Å². The maximum atomic E-state index is 13.4. The number of hydrogen-bond acceptors (Lipinski definition) is 2. The first-order valence-electron chi connectivity index (χ1n) is 6.52. The molecule has 0 aliphatic heterocycles. The highest BCUT2D eigenvalue weighted by Gasteiger charge is 2.30. The van der Waals surface area contributed by atoms with Crippen molar-refractivity contribution in [1.29, 1.82) is 0 Å². The van der Waals surface area contributed by atoms with Gasteiger partial charge < -0.3 is 10.6 Å². The third-order valence-corrected chi connectivity index (χ3v) is 2.94. The van der Waals surface area contributed by atoms with Crippen molar-refractivity contribution in [2.24, 2.45) is 0 Å². The lowest BCUT2D eigenvalue weighted by atomic mass is 10.2. The quantitative estimate of drug-likeness (QED) is 0.486. The number of carbonyl (C=O) groups excluding carboxylic acids is 2. The molecule has 4 nitrogen and oxygen atoms in total. The Morgan fingerprint density at radius 3 is 2.12 bits per heavy atom. The van der Waals surface area contributed by atoms with Gasteiger partial charge in [0.25, 0.3) is 0 Å². The smallest absolute Gasteiger partial charge is 0.318 e. The molecule has 0 radical (unpaired) electrons. The third kappa shape index (κ3) is 4.28. The summed E-state index contributed by atoms with van der Waals surface area (Å²) in [6, 6.07) is 4.65. The molecular weight excluding hydrogens is 354 g/mol. The van der Waals surface area contributed by atoms with Gasteiger partial charge >= 0.3 is 18.0 Å². The summed E-state index contributed by atoms with van der Waals surface area (Å²) in [4.78, 5) is 23.3. The van der Waals surface area contributed by atoms with Crippen LogP contribution in [0.5, 0.6) is 0 Å². The minimum Gasteiger partial charge on any atom is -0.318 e. The lowest BCUT2D eigenvalue weighted by molar-refractivity contribution is -0.137. The van der Waals surface area contributed by atoms with E-state index in [4.69, 9.17) is 0 Å². The fourth-order valence-electron chi connectivity index (χ4n) is 1.76. The van der Waals surface area contributed by atoms with Crippen LogP contribution in [-0.4, -0.2) is 11.8 Å². The van der Waals surface area contributed by atoms with Crippen LogP contribution in [0.4, 0.5) is 37.7 Å². The second kappa shape index (κ2) is 6.83. The van der Waals surface area contributed by atoms with Gasteiger partial charge in [-0.05, 0) is 30.3 Å². The molecule has 0 atom stereocenters. The number of hydrogen-bond donors (Lipinski definition) is 2. The number of anilines is 2. The van der Waals surface area contributed by atoms with Crippen LogP contribution in [0.2, 0.25) is 0 Å². The zero-order valence-electron chi connectivity index (χ0n) is 12.0. The van der Waals surface area contributed by atoms with Crippen molar-refractivity contribution in [3.05, 3.63) is 59.4 Å². The molecule has 0 saturated heterocycles. The van der Waals surface area contributed by atoms with E-state index in [0.717, 1.165) is 18.2 Å². The molecule has 0 aliphatic rings. The fraction of sp³-hybridized carbons (Fsp3) is 0.0667. The monoisotopic (exact) mass is 362 g/mol. The topological polar surface area (TPSA) is 58.2 Å². The number of nitrogens with one attached hydrogen (secondary N) is 2. The summed E-state index contributed by atoms with van der Waals surface area (Å²) in [6.45, 7) is 0. The summed E-state index contributed by atoms with van der Waals surface area (Å²) in [5.74, 6) is -7.98. The largest absolute Gasteiger partial charge is 0.416 e. The van der Waals surface area contributed by atoms with Gasteiger partial charge in [-0.1, -0.05) is 6.07 Å². The minimum absolute atomic E-state index is 0.333. The number of rotatable bonds is 2. The van der Waals surface area contributed by atoms with E-state index >= 15 is 0 Å². The number of benzene rings is 2. The Bertz CT molecular complexity index is 835. The minimum atomic E-state index is -4.65. The second-order valence-corrected chi connectivity index (χ2v) is 4.71. The van der Waals surface area contributed by atoms with E-state index in [-0.39, 0.29) is 5.69 Å². The average molecular weight is 362 g/mol. The predicted molar refractivity (Wildman–Crippen MR) is 75.0 cm³/mol. The van der Waals surface area contributed by atoms with E-state index in [9.17, 15) is 35.9 Å². The molecule has 2 aromatic carbocycles. The Hall–Kier alpha value is -3.04. The van der Waals surface area contributed by atoms with Crippen molar-refractivity contribution in [3.8, 4) is 0 Å². The average Bonchev–Trinajstić information content (AvgIpc) is 2.54. The molecule has 132 valence electrons. The van der Waals surface area contributed by atoms with Gasteiger partial charge in [0.1, 0.15) is 0 Å². The van der Waals surface area contributed by atoms with Gasteiger partial charge in [0.2, 0.25) is 0 Å². The number of halogens is 6. The van der Waals surface area contributed by atoms with Crippen LogP contribution in [0.1, 0.15) is 5.56 Å². The molecule has 0 heterocycles. The highest BCUT2D eigenvalue weighted by molar-refractivity contribution is 6.43. The van der Waals surface area contributed by atoms with E-state index in [1.54, 1.807) is 5.32 Å². The standard InChI is InChI=1S/C15H8F6N2O2/c16-9-4-5-10(12(18)11(9)17)23-14(25)13(24)22-8-3-1-2-7(6-8)15(19,20)21/h1-6H,(H,22,24)(H,23,25). The van der Waals surface area contributed by atoms with E-state index in [2.05, 4.69) is 0 Å². The molecule has 0 spiro atoms. The van der Waals surface area contributed by atoms with Gasteiger partial charge in [-0.15, -0.1) is 0 Å². The van der Waals surface area contributed by atoms with Crippen molar-refractivity contribution in [2.45, 2.75) is 6.18 Å². The number of amides is 2. The van der Waals surface area contributed by atoms with Gasteiger partial charge in [0, 0.05) is 5.69 Å². The maximum Gasteiger partial charge on any atom is 0.416 e. The van der Waals surface area contributed by atoms with Gasteiger partial charge in [-0.25, -0.2) is 13.2 Å². The van der Waals surface area contributed by atoms with Crippen LogP contribution in [-0.2, 0) is 15.8 Å². The molecule has 2 aromatic rings. The Morgan fingerprint density at radius 1 is 0.840 bits per heavy atom. The Kier molecular flexibility index (Phi) is 5.00. The van der Waals surface area contributed by atoms with Gasteiger partial charge in [0.05, 0.1) is 11.3 Å². The first-order chi connectivity index (χ1) is 11.6. The van der Waals surface area contributed by atoms with Gasteiger partial charge in [0.15, 0.2) is 17.5 Å². The summed E-state index contributed by atoms with van der Waals surface area (Å²) in [7, 11) is 0. The maximum absolute atomic E-state index is 13.4. The molecule has 2 amide bonds.